The van der Waals surface area contributed by atoms with Crippen LogP contribution in [0, 0.1) is 0 Å². The summed E-state index contributed by atoms with van der Waals surface area (Å²) < 4.78 is 28.4. The van der Waals surface area contributed by atoms with Crippen molar-refractivity contribution in [2.75, 3.05) is 40.6 Å². The first kappa shape index (κ1) is 22.1. The number of nitrogens with zero attached hydrogens (tertiary/aromatic N) is 3. The molecule has 0 aliphatic heterocycles. The van der Waals surface area contributed by atoms with Crippen LogP contribution in [0.5, 0.6) is 11.5 Å². The molecule has 0 saturated heterocycles. The first-order chi connectivity index (χ1) is 15.0. The molecule has 1 aromatic carbocycles. The molecule has 166 valence electrons. The zero-order chi connectivity index (χ0) is 22.2. The average Bonchev–Trinajstić information content (AvgIpc) is 3.03. The third-order valence-corrected chi connectivity index (χ3v) is 4.21. The molecule has 0 aliphatic carbocycles. The van der Waals surface area contributed by atoms with Gasteiger partial charge in [-0.3, -0.25) is 9.55 Å². The summed E-state index contributed by atoms with van der Waals surface area (Å²) in [5.74, 6) is 0.325. The molecule has 0 saturated carbocycles. The summed E-state index contributed by atoms with van der Waals surface area (Å²) in [6.45, 7) is 1.63. The van der Waals surface area contributed by atoms with Crippen molar-refractivity contribution in [3.05, 3.63) is 46.7 Å². The Morgan fingerprint density at radius 3 is 2.32 bits per heavy atom. The van der Waals surface area contributed by atoms with Crippen LogP contribution in [0.15, 0.2) is 44.7 Å². The molecule has 3 rings (SSSR count). The number of aliphatic imine (C=N–C) groups is 1. The van der Waals surface area contributed by atoms with E-state index in [1.54, 1.807) is 38.5 Å². The quantitative estimate of drug-likeness (QED) is 0.257. The van der Waals surface area contributed by atoms with E-state index in [4.69, 9.17) is 34.8 Å². The minimum atomic E-state index is -0.526. The van der Waals surface area contributed by atoms with Crippen LogP contribution in [0.25, 0.3) is 11.1 Å². The topological polar surface area (TPSA) is 149 Å². The number of ether oxygens (including phenoxy) is 4. The van der Waals surface area contributed by atoms with Crippen molar-refractivity contribution in [3.63, 3.8) is 0 Å². The number of hydrogen-bond acceptors (Lipinski definition) is 8. The van der Waals surface area contributed by atoms with Gasteiger partial charge in [0.25, 0.3) is 0 Å². The normalized spacial score (nSPS) is 10.9. The van der Waals surface area contributed by atoms with Gasteiger partial charge < -0.3 is 34.8 Å². The third kappa shape index (κ3) is 5.74. The molecule has 0 spiro atoms. The lowest BCUT2D eigenvalue weighted by Gasteiger charge is -2.13. The standard InChI is InChI=1S/C20H25N5O6/c1-27-5-7-29-17-9-15-16(10-18(17)30-8-6-28-2)31-20(26)25(15)12-14-4-3-13(11-23-14)24-19(21)22/h3-4,9-11H,5-8,12H2,1-2H3,(H4,21,22,24). The van der Waals surface area contributed by atoms with E-state index >= 15 is 0 Å². The Bertz CT molecular complexity index is 1090. The van der Waals surface area contributed by atoms with Crippen LogP contribution in [-0.2, 0) is 16.0 Å². The molecule has 0 atom stereocenters. The van der Waals surface area contributed by atoms with Gasteiger partial charge >= 0.3 is 5.76 Å². The average molecular weight is 431 g/mol. The number of methoxy groups -OCH3 is 2. The van der Waals surface area contributed by atoms with Gasteiger partial charge in [0.05, 0.1) is 42.9 Å². The van der Waals surface area contributed by atoms with Crippen LogP contribution in [0.4, 0.5) is 5.69 Å². The summed E-state index contributed by atoms with van der Waals surface area (Å²) in [6, 6.07) is 6.76. The van der Waals surface area contributed by atoms with Crippen LogP contribution >= 0.6 is 0 Å². The van der Waals surface area contributed by atoms with Gasteiger partial charge in [-0.05, 0) is 12.1 Å². The predicted octanol–water partition coefficient (Wildman–Crippen LogP) is 0.993. The SMILES string of the molecule is COCCOc1cc2oc(=O)n(Cc3ccc(N=C(N)N)cn3)c2cc1OCCOC. The lowest BCUT2D eigenvalue weighted by molar-refractivity contribution is 0.132. The summed E-state index contributed by atoms with van der Waals surface area (Å²) in [6.07, 6.45) is 1.52. The van der Waals surface area contributed by atoms with E-state index in [0.717, 1.165) is 0 Å². The zero-order valence-corrected chi connectivity index (χ0v) is 17.4. The van der Waals surface area contributed by atoms with Gasteiger partial charge in [-0.2, -0.15) is 0 Å². The Balaban J connectivity index is 1.92. The lowest BCUT2D eigenvalue weighted by atomic mass is 10.2. The van der Waals surface area contributed by atoms with E-state index in [1.807, 2.05) is 0 Å². The number of pyridine rings is 1. The summed E-state index contributed by atoms with van der Waals surface area (Å²) in [7, 11) is 3.17. The number of aromatic nitrogens is 2. The summed E-state index contributed by atoms with van der Waals surface area (Å²) in [5.41, 5.74) is 12.8. The van der Waals surface area contributed by atoms with Gasteiger partial charge in [-0.1, -0.05) is 0 Å². The molecular weight excluding hydrogens is 406 g/mol. The lowest BCUT2D eigenvalue weighted by Crippen LogP contribution is -2.21. The van der Waals surface area contributed by atoms with Crippen molar-refractivity contribution >= 4 is 22.7 Å². The molecule has 0 unspecified atom stereocenters. The monoisotopic (exact) mass is 431 g/mol. The van der Waals surface area contributed by atoms with Crippen LogP contribution in [0.2, 0.25) is 0 Å². The maximum Gasteiger partial charge on any atom is 0.420 e. The molecule has 11 heteroatoms. The Morgan fingerprint density at radius 1 is 1.06 bits per heavy atom. The van der Waals surface area contributed by atoms with Gasteiger partial charge in [-0.25, -0.2) is 9.79 Å². The molecule has 11 nitrogen and oxygen atoms in total. The van der Waals surface area contributed by atoms with Gasteiger partial charge in [0.15, 0.2) is 23.0 Å². The third-order valence-electron chi connectivity index (χ3n) is 4.21. The number of guanidine groups is 1. The molecule has 31 heavy (non-hydrogen) atoms. The molecule has 0 amide bonds. The number of fused-ring (bicyclic) bond motifs is 1. The van der Waals surface area contributed by atoms with E-state index in [1.165, 1.54) is 10.8 Å². The number of hydrogen-bond donors (Lipinski definition) is 2. The van der Waals surface area contributed by atoms with Crippen LogP contribution < -0.4 is 26.7 Å². The van der Waals surface area contributed by atoms with Crippen molar-refractivity contribution in [1.82, 2.24) is 9.55 Å². The van der Waals surface area contributed by atoms with Gasteiger partial charge in [0.2, 0.25) is 0 Å². The highest BCUT2D eigenvalue weighted by Crippen LogP contribution is 2.32. The number of nitrogens with two attached hydrogens (primary N) is 2. The van der Waals surface area contributed by atoms with Crippen LogP contribution in [0.3, 0.4) is 0 Å². The fourth-order valence-corrected chi connectivity index (χ4v) is 2.80. The molecule has 4 N–H and O–H groups in total. The van der Waals surface area contributed by atoms with E-state index in [9.17, 15) is 4.79 Å². The van der Waals surface area contributed by atoms with Gasteiger partial charge in [0, 0.05) is 26.4 Å². The second-order valence-electron chi connectivity index (χ2n) is 6.45. The molecule has 0 radical (unpaired) electrons. The second-order valence-corrected chi connectivity index (χ2v) is 6.45. The molecule has 0 bridgehead atoms. The highest BCUT2D eigenvalue weighted by Gasteiger charge is 2.16. The number of benzene rings is 1. The smallest absolute Gasteiger partial charge is 0.420 e. The predicted molar refractivity (Wildman–Crippen MR) is 114 cm³/mol. The van der Waals surface area contributed by atoms with E-state index in [0.29, 0.717) is 60.4 Å². The van der Waals surface area contributed by atoms with Gasteiger partial charge in [-0.15, -0.1) is 0 Å². The van der Waals surface area contributed by atoms with Crippen molar-refractivity contribution in [1.29, 1.82) is 0 Å². The van der Waals surface area contributed by atoms with Crippen LogP contribution in [-0.4, -0.2) is 56.2 Å². The van der Waals surface area contributed by atoms with E-state index < -0.39 is 5.76 Å². The van der Waals surface area contributed by atoms with E-state index in [2.05, 4.69) is 9.98 Å². The van der Waals surface area contributed by atoms with Crippen molar-refractivity contribution in [2.45, 2.75) is 6.54 Å². The number of rotatable bonds is 11. The summed E-state index contributed by atoms with van der Waals surface area (Å²) in [4.78, 5) is 20.7. The maximum atomic E-state index is 12.5. The van der Waals surface area contributed by atoms with Crippen molar-refractivity contribution < 1.29 is 23.4 Å². The Hall–Kier alpha value is -3.57. The first-order valence-corrected chi connectivity index (χ1v) is 9.47. The van der Waals surface area contributed by atoms with Crippen LogP contribution in [0.1, 0.15) is 5.69 Å². The molecule has 0 aliphatic rings. The molecule has 3 aromatic rings. The Kier molecular flexibility index (Phi) is 7.46. The second kappa shape index (κ2) is 10.5. The Labute approximate surface area is 178 Å². The summed E-state index contributed by atoms with van der Waals surface area (Å²) >= 11 is 0. The largest absolute Gasteiger partial charge is 0.487 e. The zero-order valence-electron chi connectivity index (χ0n) is 17.4. The molecule has 2 aromatic heterocycles. The molecule has 2 heterocycles. The first-order valence-electron chi connectivity index (χ1n) is 9.47. The fraction of sp³-hybridized carbons (Fsp3) is 0.350. The summed E-state index contributed by atoms with van der Waals surface area (Å²) in [5, 5.41) is 0. The highest BCUT2D eigenvalue weighted by molar-refractivity contribution is 5.79. The fourth-order valence-electron chi connectivity index (χ4n) is 2.80. The minimum Gasteiger partial charge on any atom is -0.487 e. The Morgan fingerprint density at radius 2 is 1.74 bits per heavy atom. The van der Waals surface area contributed by atoms with Crippen molar-refractivity contribution in [2.24, 2.45) is 16.5 Å². The minimum absolute atomic E-state index is 0.0591. The molecular formula is C20H25N5O6. The van der Waals surface area contributed by atoms with Crippen molar-refractivity contribution in [3.8, 4) is 11.5 Å². The highest BCUT2D eigenvalue weighted by atomic mass is 16.5. The maximum absolute atomic E-state index is 12.5. The van der Waals surface area contributed by atoms with E-state index in [-0.39, 0.29) is 12.5 Å². The number of oxazole rings is 1. The molecule has 0 fully saturated rings. The van der Waals surface area contributed by atoms with Gasteiger partial charge in [0.1, 0.15) is 13.2 Å².